The lowest BCUT2D eigenvalue weighted by molar-refractivity contribution is -0.131. The third kappa shape index (κ3) is 5.25. The van der Waals surface area contributed by atoms with E-state index in [0.717, 1.165) is 24.5 Å². The smallest absolute Gasteiger partial charge is 0.251 e. The van der Waals surface area contributed by atoms with E-state index in [1.54, 1.807) is 18.2 Å². The molecule has 0 heterocycles. The lowest BCUT2D eigenvalue weighted by Gasteiger charge is -2.14. The second kappa shape index (κ2) is 7.58. The summed E-state index contributed by atoms with van der Waals surface area (Å²) in [6.07, 6.45) is 3.24. The van der Waals surface area contributed by atoms with Gasteiger partial charge in [-0.2, -0.15) is 0 Å². The van der Waals surface area contributed by atoms with Gasteiger partial charge in [-0.3, -0.25) is 14.4 Å². The monoisotopic (exact) mass is 315 g/mol. The zero-order valence-electron chi connectivity index (χ0n) is 13.2. The average molecular weight is 315 g/mol. The summed E-state index contributed by atoms with van der Waals surface area (Å²) in [5.74, 6) is -0.661. The van der Waals surface area contributed by atoms with Crippen molar-refractivity contribution in [1.82, 2.24) is 15.5 Å². The SMILES string of the molecule is C=CC(=O)N(C)CC(=O)NCc1cccc(C(=O)NC2CC2)c1. The van der Waals surface area contributed by atoms with Gasteiger partial charge in [0.05, 0.1) is 6.54 Å². The maximum Gasteiger partial charge on any atom is 0.251 e. The van der Waals surface area contributed by atoms with Crippen LogP contribution in [0.1, 0.15) is 28.8 Å². The Bertz CT molecular complexity index is 623. The first-order valence-electron chi connectivity index (χ1n) is 7.53. The number of hydrogen-bond acceptors (Lipinski definition) is 3. The minimum atomic E-state index is -0.307. The molecule has 1 aromatic rings. The fourth-order valence-corrected chi connectivity index (χ4v) is 2.02. The van der Waals surface area contributed by atoms with Gasteiger partial charge in [0, 0.05) is 25.2 Å². The Morgan fingerprint density at radius 3 is 2.74 bits per heavy atom. The third-order valence-corrected chi connectivity index (χ3v) is 3.52. The van der Waals surface area contributed by atoms with Crippen LogP contribution in [0.2, 0.25) is 0 Å². The normalized spacial score (nSPS) is 13.1. The van der Waals surface area contributed by atoms with E-state index in [2.05, 4.69) is 17.2 Å². The maximum atomic E-state index is 12.0. The third-order valence-electron chi connectivity index (χ3n) is 3.52. The predicted molar refractivity (Wildman–Crippen MR) is 86.6 cm³/mol. The van der Waals surface area contributed by atoms with Crippen LogP contribution >= 0.6 is 0 Å². The number of carbonyl (C=O) groups excluding carboxylic acids is 3. The summed E-state index contributed by atoms with van der Waals surface area (Å²) in [5.41, 5.74) is 1.42. The number of likely N-dealkylation sites (N-methyl/N-ethyl adjacent to an activating group) is 1. The van der Waals surface area contributed by atoms with Crippen molar-refractivity contribution in [2.24, 2.45) is 0 Å². The molecular formula is C17H21N3O3. The van der Waals surface area contributed by atoms with Crippen molar-refractivity contribution in [2.45, 2.75) is 25.4 Å². The lowest BCUT2D eigenvalue weighted by atomic mass is 10.1. The minimum absolute atomic E-state index is 0.0350. The first-order chi connectivity index (χ1) is 11.0. The van der Waals surface area contributed by atoms with Crippen LogP contribution in [0.25, 0.3) is 0 Å². The van der Waals surface area contributed by atoms with Crippen LogP contribution in [0.15, 0.2) is 36.9 Å². The largest absolute Gasteiger partial charge is 0.350 e. The van der Waals surface area contributed by atoms with E-state index < -0.39 is 0 Å². The van der Waals surface area contributed by atoms with E-state index in [1.165, 1.54) is 11.9 Å². The summed E-state index contributed by atoms with van der Waals surface area (Å²) in [6, 6.07) is 7.45. The van der Waals surface area contributed by atoms with Gasteiger partial charge in [-0.25, -0.2) is 0 Å². The number of rotatable bonds is 7. The molecule has 2 N–H and O–H groups in total. The summed E-state index contributed by atoms with van der Waals surface area (Å²) < 4.78 is 0. The Hall–Kier alpha value is -2.63. The first kappa shape index (κ1) is 16.7. The molecule has 6 heteroatoms. The quantitative estimate of drug-likeness (QED) is 0.732. The van der Waals surface area contributed by atoms with E-state index in [1.807, 2.05) is 6.07 Å². The lowest BCUT2D eigenvalue weighted by Crippen LogP contribution is -2.37. The number of nitrogens with zero attached hydrogens (tertiary/aromatic N) is 1. The highest BCUT2D eigenvalue weighted by molar-refractivity contribution is 5.94. The van der Waals surface area contributed by atoms with Gasteiger partial charge in [-0.15, -0.1) is 0 Å². The first-order valence-corrected chi connectivity index (χ1v) is 7.53. The molecular weight excluding hydrogens is 294 g/mol. The highest BCUT2D eigenvalue weighted by Crippen LogP contribution is 2.19. The van der Waals surface area contributed by atoms with E-state index in [-0.39, 0.29) is 24.3 Å². The summed E-state index contributed by atoms with van der Waals surface area (Å²) in [5, 5.41) is 5.66. The van der Waals surface area contributed by atoms with Gasteiger partial charge in [0.2, 0.25) is 11.8 Å². The molecule has 6 nitrogen and oxygen atoms in total. The van der Waals surface area contributed by atoms with Crippen LogP contribution < -0.4 is 10.6 Å². The van der Waals surface area contributed by atoms with Gasteiger partial charge in [0.1, 0.15) is 0 Å². The maximum absolute atomic E-state index is 12.0. The molecule has 0 radical (unpaired) electrons. The highest BCUT2D eigenvalue weighted by atomic mass is 16.2. The van der Waals surface area contributed by atoms with Crippen molar-refractivity contribution in [3.05, 3.63) is 48.0 Å². The van der Waals surface area contributed by atoms with E-state index >= 15 is 0 Å². The molecule has 0 bridgehead atoms. The number of nitrogens with one attached hydrogen (secondary N) is 2. The number of benzene rings is 1. The molecule has 0 atom stereocenters. The summed E-state index contributed by atoms with van der Waals surface area (Å²) in [6.45, 7) is 3.64. The molecule has 0 spiro atoms. The molecule has 23 heavy (non-hydrogen) atoms. The predicted octanol–water partition coefficient (Wildman–Crippen LogP) is 0.839. The molecule has 1 saturated carbocycles. The van der Waals surface area contributed by atoms with Crippen LogP contribution in [-0.2, 0) is 16.1 Å². The fourth-order valence-electron chi connectivity index (χ4n) is 2.02. The molecule has 3 amide bonds. The van der Waals surface area contributed by atoms with Crippen molar-refractivity contribution in [3.8, 4) is 0 Å². The van der Waals surface area contributed by atoms with Crippen molar-refractivity contribution < 1.29 is 14.4 Å². The fraction of sp³-hybridized carbons (Fsp3) is 0.353. The van der Waals surface area contributed by atoms with Gasteiger partial charge >= 0.3 is 0 Å². The van der Waals surface area contributed by atoms with E-state index in [4.69, 9.17) is 0 Å². The van der Waals surface area contributed by atoms with E-state index in [0.29, 0.717) is 18.2 Å². The molecule has 2 rings (SSSR count). The van der Waals surface area contributed by atoms with Crippen LogP contribution in [0.5, 0.6) is 0 Å². The highest BCUT2D eigenvalue weighted by Gasteiger charge is 2.23. The van der Waals surface area contributed by atoms with Gasteiger partial charge < -0.3 is 15.5 Å². The minimum Gasteiger partial charge on any atom is -0.350 e. The average Bonchev–Trinajstić information content (AvgIpc) is 3.36. The summed E-state index contributed by atoms with van der Waals surface area (Å²) in [7, 11) is 1.53. The Morgan fingerprint density at radius 1 is 1.35 bits per heavy atom. The molecule has 122 valence electrons. The Labute approximate surface area is 135 Å². The van der Waals surface area contributed by atoms with Gasteiger partial charge in [-0.1, -0.05) is 18.7 Å². The zero-order chi connectivity index (χ0) is 16.8. The molecule has 0 saturated heterocycles. The standard InChI is InChI=1S/C17H21N3O3/c1-3-16(22)20(2)11-15(21)18-10-12-5-4-6-13(9-12)17(23)19-14-7-8-14/h3-6,9,14H,1,7-8,10-11H2,2H3,(H,18,21)(H,19,23). The molecule has 0 aliphatic heterocycles. The molecule has 1 aromatic carbocycles. The van der Waals surface area contributed by atoms with Gasteiger partial charge in [0.25, 0.3) is 5.91 Å². The van der Waals surface area contributed by atoms with Gasteiger partial charge in [-0.05, 0) is 36.6 Å². The Morgan fingerprint density at radius 2 is 2.09 bits per heavy atom. The second-order valence-corrected chi connectivity index (χ2v) is 5.62. The van der Waals surface area contributed by atoms with Crippen LogP contribution in [0.3, 0.4) is 0 Å². The van der Waals surface area contributed by atoms with Crippen LogP contribution in [0, 0.1) is 0 Å². The van der Waals surface area contributed by atoms with Crippen molar-refractivity contribution in [2.75, 3.05) is 13.6 Å². The second-order valence-electron chi connectivity index (χ2n) is 5.62. The molecule has 1 aliphatic carbocycles. The van der Waals surface area contributed by atoms with Crippen LogP contribution in [-0.4, -0.2) is 42.3 Å². The van der Waals surface area contributed by atoms with Gasteiger partial charge in [0.15, 0.2) is 0 Å². The zero-order valence-corrected chi connectivity index (χ0v) is 13.2. The number of hydrogen-bond donors (Lipinski definition) is 2. The van der Waals surface area contributed by atoms with Crippen molar-refractivity contribution in [3.63, 3.8) is 0 Å². The van der Waals surface area contributed by atoms with Crippen molar-refractivity contribution >= 4 is 17.7 Å². The molecule has 0 unspecified atom stereocenters. The van der Waals surface area contributed by atoms with Crippen LogP contribution in [0.4, 0.5) is 0 Å². The topological polar surface area (TPSA) is 78.5 Å². The van der Waals surface area contributed by atoms with E-state index in [9.17, 15) is 14.4 Å². The molecule has 1 aliphatic rings. The number of amides is 3. The molecule has 1 fully saturated rings. The molecule has 0 aromatic heterocycles. The number of carbonyl (C=O) groups is 3. The Kier molecular flexibility index (Phi) is 5.51. The summed E-state index contributed by atoms with van der Waals surface area (Å²) >= 11 is 0. The summed E-state index contributed by atoms with van der Waals surface area (Å²) in [4.78, 5) is 36.4. The van der Waals surface area contributed by atoms with Crippen molar-refractivity contribution in [1.29, 1.82) is 0 Å². The Balaban J connectivity index is 1.85.